The van der Waals surface area contributed by atoms with E-state index >= 15 is 0 Å². The van der Waals surface area contributed by atoms with Gasteiger partial charge in [-0.1, -0.05) is 26.7 Å². The van der Waals surface area contributed by atoms with E-state index in [-0.39, 0.29) is 18.8 Å². The number of aliphatic carboxylic acids is 1. The van der Waals surface area contributed by atoms with Gasteiger partial charge in [-0.25, -0.2) is 22.7 Å². The molecule has 0 spiro atoms. The molecule has 1 unspecified atom stereocenters. The van der Waals surface area contributed by atoms with Crippen LogP contribution in [0.25, 0.3) is 0 Å². The molecule has 0 aromatic carbocycles. The maximum absolute atomic E-state index is 11.5. The molecule has 2 amide bonds. The van der Waals surface area contributed by atoms with Crippen LogP contribution in [0.2, 0.25) is 0 Å². The van der Waals surface area contributed by atoms with Gasteiger partial charge in [-0.15, -0.1) is 0 Å². The Kier molecular flexibility index (Phi) is 8.89. The summed E-state index contributed by atoms with van der Waals surface area (Å²) in [5.41, 5.74) is 0. The molecule has 0 aromatic heterocycles. The third-order valence-corrected chi connectivity index (χ3v) is 3.94. The number of amides is 2. The summed E-state index contributed by atoms with van der Waals surface area (Å²) in [6, 6.07) is -1.64. The van der Waals surface area contributed by atoms with E-state index in [1.165, 1.54) is 0 Å². The lowest BCUT2D eigenvalue weighted by molar-refractivity contribution is -0.139. The number of rotatable bonds is 10. The lowest BCUT2D eigenvalue weighted by atomic mass is 10.1. The van der Waals surface area contributed by atoms with Gasteiger partial charge in [0.15, 0.2) is 0 Å². The minimum Gasteiger partial charge on any atom is -0.480 e. The number of nitrogens with one attached hydrogen (secondary N) is 3. The number of hydrogen-bond donors (Lipinski definition) is 4. The van der Waals surface area contributed by atoms with E-state index in [1.54, 1.807) is 6.92 Å². The van der Waals surface area contributed by atoms with Crippen molar-refractivity contribution in [2.24, 2.45) is 0 Å². The van der Waals surface area contributed by atoms with E-state index in [2.05, 4.69) is 15.4 Å². The highest BCUT2D eigenvalue weighted by molar-refractivity contribution is 7.89. The van der Waals surface area contributed by atoms with Crippen molar-refractivity contribution < 1.29 is 23.1 Å². The smallest absolute Gasteiger partial charge is 0.326 e. The predicted octanol–water partition coefficient (Wildman–Crippen LogP) is -0.132. The van der Waals surface area contributed by atoms with Crippen molar-refractivity contribution in [2.45, 2.75) is 39.2 Å². The SMILES string of the molecule is CCCCC(NC(=O)NCCS(=O)(=O)NCC)C(=O)O. The molecule has 0 saturated heterocycles. The number of carboxylic acids is 1. The number of carboxylic acid groups (broad SMARTS) is 1. The molecule has 0 fully saturated rings. The Labute approximate surface area is 119 Å². The Bertz CT molecular complexity index is 410. The molecule has 0 aliphatic heterocycles. The Balaban J connectivity index is 4.11. The van der Waals surface area contributed by atoms with Gasteiger partial charge < -0.3 is 15.7 Å². The lowest BCUT2D eigenvalue weighted by Gasteiger charge is -2.14. The van der Waals surface area contributed by atoms with Crippen LogP contribution < -0.4 is 15.4 Å². The third kappa shape index (κ3) is 8.70. The maximum atomic E-state index is 11.5. The Morgan fingerprint density at radius 1 is 1.25 bits per heavy atom. The van der Waals surface area contributed by atoms with E-state index in [9.17, 15) is 18.0 Å². The molecular formula is C11H23N3O5S. The standard InChI is InChI=1S/C11H23N3O5S/c1-3-5-6-9(10(15)16)14-11(17)12-7-8-20(18,19)13-4-2/h9,13H,3-8H2,1-2H3,(H,15,16)(H2,12,14,17). The van der Waals surface area contributed by atoms with Gasteiger partial charge in [-0.05, 0) is 6.42 Å². The molecule has 8 nitrogen and oxygen atoms in total. The Hall–Kier alpha value is -1.35. The summed E-state index contributed by atoms with van der Waals surface area (Å²) < 4.78 is 24.9. The topological polar surface area (TPSA) is 125 Å². The zero-order chi connectivity index (χ0) is 15.6. The van der Waals surface area contributed by atoms with Crippen LogP contribution in [0.3, 0.4) is 0 Å². The fourth-order valence-electron chi connectivity index (χ4n) is 1.47. The van der Waals surface area contributed by atoms with E-state index in [1.807, 2.05) is 6.92 Å². The summed E-state index contributed by atoms with van der Waals surface area (Å²) in [6.45, 7) is 3.78. The maximum Gasteiger partial charge on any atom is 0.326 e. The van der Waals surface area contributed by atoms with Crippen molar-refractivity contribution >= 4 is 22.0 Å². The van der Waals surface area contributed by atoms with Crippen molar-refractivity contribution in [3.8, 4) is 0 Å². The van der Waals surface area contributed by atoms with Crippen LogP contribution in [0.15, 0.2) is 0 Å². The van der Waals surface area contributed by atoms with Gasteiger partial charge in [0, 0.05) is 13.1 Å². The van der Waals surface area contributed by atoms with Crippen LogP contribution in [-0.2, 0) is 14.8 Å². The molecule has 0 saturated carbocycles. The first-order chi connectivity index (χ1) is 9.32. The first-order valence-corrected chi connectivity index (χ1v) is 8.22. The zero-order valence-corrected chi connectivity index (χ0v) is 12.6. The van der Waals surface area contributed by atoms with Gasteiger partial charge in [0.2, 0.25) is 10.0 Å². The van der Waals surface area contributed by atoms with Crippen molar-refractivity contribution in [2.75, 3.05) is 18.8 Å². The summed E-state index contributed by atoms with van der Waals surface area (Å²) in [4.78, 5) is 22.4. The second-order valence-electron chi connectivity index (χ2n) is 4.25. The van der Waals surface area contributed by atoms with Crippen LogP contribution in [0.5, 0.6) is 0 Å². The fraction of sp³-hybridized carbons (Fsp3) is 0.818. The molecular weight excluding hydrogens is 286 g/mol. The number of carbonyl (C=O) groups excluding carboxylic acids is 1. The van der Waals surface area contributed by atoms with Gasteiger partial charge in [0.1, 0.15) is 6.04 Å². The molecule has 0 aliphatic rings. The summed E-state index contributed by atoms with van der Waals surface area (Å²) in [7, 11) is -3.40. The van der Waals surface area contributed by atoms with Crippen molar-refractivity contribution in [3.05, 3.63) is 0 Å². The summed E-state index contributed by atoms with van der Waals surface area (Å²) >= 11 is 0. The molecule has 0 rings (SSSR count). The summed E-state index contributed by atoms with van der Waals surface area (Å²) in [5, 5.41) is 13.6. The van der Waals surface area contributed by atoms with E-state index in [4.69, 9.17) is 5.11 Å². The molecule has 9 heteroatoms. The minimum absolute atomic E-state index is 0.0821. The number of hydrogen-bond acceptors (Lipinski definition) is 4. The number of unbranched alkanes of at least 4 members (excludes halogenated alkanes) is 1. The molecule has 4 N–H and O–H groups in total. The van der Waals surface area contributed by atoms with E-state index < -0.39 is 28.1 Å². The molecule has 0 bridgehead atoms. The Morgan fingerprint density at radius 3 is 2.40 bits per heavy atom. The van der Waals surface area contributed by atoms with Crippen LogP contribution >= 0.6 is 0 Å². The minimum atomic E-state index is -3.40. The van der Waals surface area contributed by atoms with Crippen LogP contribution in [0.1, 0.15) is 33.1 Å². The number of sulfonamides is 1. The molecule has 20 heavy (non-hydrogen) atoms. The van der Waals surface area contributed by atoms with Gasteiger partial charge in [-0.3, -0.25) is 0 Å². The normalized spacial score (nSPS) is 12.7. The van der Waals surface area contributed by atoms with Gasteiger partial charge in [0.05, 0.1) is 5.75 Å². The largest absolute Gasteiger partial charge is 0.480 e. The zero-order valence-electron chi connectivity index (χ0n) is 11.8. The lowest BCUT2D eigenvalue weighted by Crippen LogP contribution is -2.47. The van der Waals surface area contributed by atoms with Crippen LogP contribution in [0.4, 0.5) is 4.79 Å². The third-order valence-electron chi connectivity index (χ3n) is 2.47. The first-order valence-electron chi connectivity index (χ1n) is 6.56. The van der Waals surface area contributed by atoms with Crippen molar-refractivity contribution in [3.63, 3.8) is 0 Å². The molecule has 0 radical (unpaired) electrons. The molecule has 0 aliphatic carbocycles. The second-order valence-corrected chi connectivity index (χ2v) is 6.18. The fourth-order valence-corrected chi connectivity index (χ4v) is 2.42. The highest BCUT2D eigenvalue weighted by Gasteiger charge is 2.19. The quantitative estimate of drug-likeness (QED) is 0.447. The predicted molar refractivity (Wildman–Crippen MR) is 74.9 cm³/mol. The first kappa shape index (κ1) is 18.7. The van der Waals surface area contributed by atoms with Crippen molar-refractivity contribution in [1.82, 2.24) is 15.4 Å². The molecule has 118 valence electrons. The molecule has 0 heterocycles. The number of urea groups is 1. The highest BCUT2D eigenvalue weighted by atomic mass is 32.2. The highest BCUT2D eigenvalue weighted by Crippen LogP contribution is 2.00. The van der Waals surface area contributed by atoms with Gasteiger partial charge in [0.25, 0.3) is 0 Å². The summed E-state index contributed by atoms with van der Waals surface area (Å²) in [5.74, 6) is -1.35. The Morgan fingerprint density at radius 2 is 1.90 bits per heavy atom. The van der Waals surface area contributed by atoms with E-state index in [0.29, 0.717) is 12.8 Å². The van der Waals surface area contributed by atoms with Gasteiger partial charge in [-0.2, -0.15) is 0 Å². The molecule has 1 atom stereocenters. The van der Waals surface area contributed by atoms with E-state index in [0.717, 1.165) is 6.42 Å². The monoisotopic (exact) mass is 309 g/mol. The average molecular weight is 309 g/mol. The van der Waals surface area contributed by atoms with Gasteiger partial charge >= 0.3 is 12.0 Å². The van der Waals surface area contributed by atoms with Crippen molar-refractivity contribution in [1.29, 1.82) is 0 Å². The summed E-state index contributed by atoms with van der Waals surface area (Å²) in [6.07, 6.45) is 1.86. The molecule has 0 aromatic rings. The van der Waals surface area contributed by atoms with Crippen LogP contribution in [-0.4, -0.2) is 50.4 Å². The number of carbonyl (C=O) groups is 2. The average Bonchev–Trinajstić information content (AvgIpc) is 2.33. The van der Waals surface area contributed by atoms with Crippen LogP contribution in [0, 0.1) is 0 Å². The second kappa shape index (κ2) is 9.54.